The summed E-state index contributed by atoms with van der Waals surface area (Å²) in [6.45, 7) is 5.89. The van der Waals surface area contributed by atoms with Gasteiger partial charge in [0.2, 0.25) is 5.95 Å². The summed E-state index contributed by atoms with van der Waals surface area (Å²) in [5.74, 6) is 0.558. The molecule has 1 aromatic heterocycles. The summed E-state index contributed by atoms with van der Waals surface area (Å²) >= 11 is 0. The second-order valence-electron chi connectivity index (χ2n) is 7.40. The predicted octanol–water partition coefficient (Wildman–Crippen LogP) is 6.00. The fraction of sp³-hybridized carbons (Fsp3) is 0.238. The SMILES string of the molecule is CC(C)(C)Nc1nc(Nc2ccccc2)cc(-c2cccc(OC(F)(F)F)c2)n1. The van der Waals surface area contributed by atoms with Crippen molar-refractivity contribution in [3.05, 3.63) is 60.7 Å². The van der Waals surface area contributed by atoms with E-state index in [2.05, 4.69) is 25.3 Å². The number of ether oxygens (including phenoxy) is 1. The minimum atomic E-state index is -4.76. The van der Waals surface area contributed by atoms with Gasteiger partial charge in [0, 0.05) is 22.9 Å². The maximum Gasteiger partial charge on any atom is 0.573 e. The van der Waals surface area contributed by atoms with Gasteiger partial charge >= 0.3 is 6.36 Å². The molecule has 1 heterocycles. The van der Waals surface area contributed by atoms with E-state index in [4.69, 9.17) is 0 Å². The summed E-state index contributed by atoms with van der Waals surface area (Å²) < 4.78 is 41.7. The minimum Gasteiger partial charge on any atom is -0.406 e. The van der Waals surface area contributed by atoms with Crippen LogP contribution in [0.15, 0.2) is 60.7 Å². The fourth-order valence-corrected chi connectivity index (χ4v) is 2.57. The number of benzene rings is 2. The van der Waals surface area contributed by atoms with E-state index in [9.17, 15) is 13.2 Å². The average molecular weight is 402 g/mol. The third kappa shape index (κ3) is 6.38. The van der Waals surface area contributed by atoms with Crippen LogP contribution in [0.3, 0.4) is 0 Å². The Labute approximate surface area is 167 Å². The van der Waals surface area contributed by atoms with Crippen molar-refractivity contribution in [1.29, 1.82) is 0 Å². The van der Waals surface area contributed by atoms with Crippen LogP contribution in [0, 0.1) is 0 Å². The van der Waals surface area contributed by atoms with Crippen LogP contribution in [0.1, 0.15) is 20.8 Å². The van der Waals surface area contributed by atoms with Crippen LogP contribution < -0.4 is 15.4 Å². The van der Waals surface area contributed by atoms with Crippen LogP contribution in [0.5, 0.6) is 5.75 Å². The first-order chi connectivity index (χ1) is 13.6. The lowest BCUT2D eigenvalue weighted by Crippen LogP contribution is -2.27. The molecule has 3 aromatic rings. The molecule has 0 fully saturated rings. The molecule has 0 amide bonds. The monoisotopic (exact) mass is 402 g/mol. The molecule has 152 valence electrons. The first-order valence-electron chi connectivity index (χ1n) is 8.93. The summed E-state index contributed by atoms with van der Waals surface area (Å²) in [4.78, 5) is 8.95. The highest BCUT2D eigenvalue weighted by molar-refractivity contribution is 5.68. The van der Waals surface area contributed by atoms with Crippen molar-refractivity contribution in [1.82, 2.24) is 9.97 Å². The van der Waals surface area contributed by atoms with Gasteiger partial charge in [-0.1, -0.05) is 30.3 Å². The third-order valence-electron chi connectivity index (χ3n) is 3.62. The van der Waals surface area contributed by atoms with Crippen molar-refractivity contribution in [3.63, 3.8) is 0 Å². The highest BCUT2D eigenvalue weighted by atomic mass is 19.4. The number of anilines is 3. The van der Waals surface area contributed by atoms with Crippen LogP contribution in [-0.2, 0) is 0 Å². The van der Waals surface area contributed by atoms with E-state index < -0.39 is 6.36 Å². The zero-order chi connectivity index (χ0) is 21.1. The highest BCUT2D eigenvalue weighted by Crippen LogP contribution is 2.29. The summed E-state index contributed by atoms with van der Waals surface area (Å²) in [7, 11) is 0. The Hall–Kier alpha value is -3.29. The molecule has 0 atom stereocenters. The molecule has 0 saturated heterocycles. The molecule has 8 heteroatoms. The maximum absolute atomic E-state index is 12.6. The maximum atomic E-state index is 12.6. The summed E-state index contributed by atoms with van der Waals surface area (Å²) in [6, 6.07) is 16.8. The Balaban J connectivity index is 2.00. The first-order valence-corrected chi connectivity index (χ1v) is 8.93. The lowest BCUT2D eigenvalue weighted by molar-refractivity contribution is -0.274. The van der Waals surface area contributed by atoms with Gasteiger partial charge in [0.1, 0.15) is 11.6 Å². The predicted molar refractivity (Wildman–Crippen MR) is 107 cm³/mol. The lowest BCUT2D eigenvalue weighted by Gasteiger charge is -2.21. The highest BCUT2D eigenvalue weighted by Gasteiger charge is 2.31. The molecule has 2 N–H and O–H groups in total. The minimum absolute atomic E-state index is 0.302. The zero-order valence-electron chi connectivity index (χ0n) is 16.2. The van der Waals surface area contributed by atoms with Crippen LogP contribution in [0.25, 0.3) is 11.3 Å². The molecule has 0 aliphatic heterocycles. The van der Waals surface area contributed by atoms with E-state index in [1.807, 2.05) is 51.1 Å². The molecule has 0 saturated carbocycles. The van der Waals surface area contributed by atoms with Gasteiger partial charge in [-0.25, -0.2) is 4.98 Å². The van der Waals surface area contributed by atoms with Gasteiger partial charge in [-0.3, -0.25) is 0 Å². The number of rotatable bonds is 5. The number of hydrogen-bond acceptors (Lipinski definition) is 5. The number of halogens is 3. The Morgan fingerprint density at radius 2 is 1.59 bits per heavy atom. The molecule has 0 unspecified atom stereocenters. The third-order valence-corrected chi connectivity index (χ3v) is 3.62. The van der Waals surface area contributed by atoms with Gasteiger partial charge in [0.05, 0.1) is 5.69 Å². The molecular formula is C21H21F3N4O. The van der Waals surface area contributed by atoms with E-state index in [1.54, 1.807) is 12.1 Å². The number of nitrogens with zero attached hydrogens (tertiary/aromatic N) is 2. The van der Waals surface area contributed by atoms with E-state index in [0.717, 1.165) is 5.69 Å². The van der Waals surface area contributed by atoms with Crippen LogP contribution in [0.2, 0.25) is 0 Å². The van der Waals surface area contributed by atoms with Crippen molar-refractivity contribution >= 4 is 17.5 Å². The number of nitrogens with one attached hydrogen (secondary N) is 2. The van der Waals surface area contributed by atoms with Gasteiger partial charge in [-0.15, -0.1) is 13.2 Å². The van der Waals surface area contributed by atoms with Crippen molar-refractivity contribution in [2.24, 2.45) is 0 Å². The molecule has 5 nitrogen and oxygen atoms in total. The van der Waals surface area contributed by atoms with Crippen molar-refractivity contribution in [2.45, 2.75) is 32.7 Å². The van der Waals surface area contributed by atoms with Gasteiger partial charge in [-0.2, -0.15) is 4.98 Å². The molecule has 0 aliphatic rings. The topological polar surface area (TPSA) is 59.1 Å². The molecule has 0 aliphatic carbocycles. The van der Waals surface area contributed by atoms with Gasteiger partial charge < -0.3 is 15.4 Å². The average Bonchev–Trinajstić information content (AvgIpc) is 2.59. The van der Waals surface area contributed by atoms with E-state index in [-0.39, 0.29) is 11.3 Å². The molecule has 0 radical (unpaired) electrons. The lowest BCUT2D eigenvalue weighted by atomic mass is 10.1. The number of alkyl halides is 3. The van der Waals surface area contributed by atoms with Gasteiger partial charge in [0.15, 0.2) is 0 Å². The molecule has 3 rings (SSSR count). The zero-order valence-corrected chi connectivity index (χ0v) is 16.2. The van der Waals surface area contributed by atoms with Crippen LogP contribution in [-0.4, -0.2) is 21.9 Å². The van der Waals surface area contributed by atoms with Gasteiger partial charge in [-0.05, 0) is 45.0 Å². The van der Waals surface area contributed by atoms with Gasteiger partial charge in [0.25, 0.3) is 0 Å². The molecule has 29 heavy (non-hydrogen) atoms. The second kappa shape index (κ2) is 7.98. The summed E-state index contributed by atoms with van der Waals surface area (Å²) in [6.07, 6.45) is -4.76. The fourth-order valence-electron chi connectivity index (χ4n) is 2.57. The smallest absolute Gasteiger partial charge is 0.406 e. The molecule has 0 spiro atoms. The largest absolute Gasteiger partial charge is 0.573 e. The Kier molecular flexibility index (Phi) is 5.63. The second-order valence-corrected chi connectivity index (χ2v) is 7.40. The van der Waals surface area contributed by atoms with Crippen molar-refractivity contribution in [2.75, 3.05) is 10.6 Å². The molecule has 0 bridgehead atoms. The summed E-state index contributed by atoms with van der Waals surface area (Å²) in [5.41, 5.74) is 1.46. The first kappa shape index (κ1) is 20.4. The number of para-hydroxylation sites is 1. The van der Waals surface area contributed by atoms with Crippen molar-refractivity contribution in [3.8, 4) is 17.0 Å². The Morgan fingerprint density at radius 1 is 0.862 bits per heavy atom. The van der Waals surface area contributed by atoms with E-state index in [1.165, 1.54) is 18.2 Å². The molecule has 2 aromatic carbocycles. The summed E-state index contributed by atoms with van der Waals surface area (Å²) in [5, 5.41) is 6.39. The standard InChI is InChI=1S/C21H21F3N4O/c1-20(2,3)28-19-26-17(13-18(27-19)25-15-9-5-4-6-10-15)14-8-7-11-16(12-14)29-21(22,23)24/h4-13H,1-3H3,(H2,25,26,27,28). The van der Waals surface area contributed by atoms with Crippen LogP contribution >= 0.6 is 0 Å². The normalized spacial score (nSPS) is 11.8. The quantitative estimate of drug-likeness (QED) is 0.548. The van der Waals surface area contributed by atoms with E-state index >= 15 is 0 Å². The van der Waals surface area contributed by atoms with Crippen molar-refractivity contribution < 1.29 is 17.9 Å². The Morgan fingerprint density at radius 3 is 2.24 bits per heavy atom. The number of aromatic nitrogens is 2. The van der Waals surface area contributed by atoms with E-state index in [0.29, 0.717) is 23.0 Å². The molecular weight excluding hydrogens is 381 g/mol. The van der Waals surface area contributed by atoms with Crippen LogP contribution in [0.4, 0.5) is 30.6 Å². The Bertz CT molecular complexity index is 970. The number of hydrogen-bond donors (Lipinski definition) is 2.